The Balaban J connectivity index is 2.05. The molecule has 3 rings (SSSR count). The Morgan fingerprint density at radius 1 is 1.00 bits per heavy atom. The highest BCUT2D eigenvalue weighted by molar-refractivity contribution is 5.87. The van der Waals surface area contributed by atoms with Crippen molar-refractivity contribution < 1.29 is 4.74 Å². The number of nitrogens with two attached hydrogens (primary N) is 1. The topological polar surface area (TPSA) is 61.0 Å². The van der Waals surface area contributed by atoms with Crippen LogP contribution < -0.4 is 10.5 Å². The molecule has 2 aromatic heterocycles. The lowest BCUT2D eigenvalue weighted by molar-refractivity contribution is 0.486. The summed E-state index contributed by atoms with van der Waals surface area (Å²) in [6, 6.07) is 9.49. The van der Waals surface area contributed by atoms with Gasteiger partial charge >= 0.3 is 0 Å². The molecule has 0 bridgehead atoms. The van der Waals surface area contributed by atoms with E-state index in [0.29, 0.717) is 11.4 Å². The average Bonchev–Trinajstić information content (AvgIpc) is 2.39. The number of anilines is 1. The minimum Gasteiger partial charge on any atom is -0.455 e. The van der Waals surface area contributed by atoms with E-state index in [-0.39, 0.29) is 0 Å². The van der Waals surface area contributed by atoms with Crippen LogP contribution in [0.15, 0.2) is 55.1 Å². The Hall–Kier alpha value is -2.62. The third-order valence-corrected chi connectivity index (χ3v) is 2.60. The first-order valence-electron chi connectivity index (χ1n) is 5.54. The van der Waals surface area contributed by atoms with Gasteiger partial charge in [0.25, 0.3) is 0 Å². The summed E-state index contributed by atoms with van der Waals surface area (Å²) >= 11 is 0. The molecular weight excluding hydrogens is 226 g/mol. The zero-order valence-corrected chi connectivity index (χ0v) is 9.58. The lowest BCUT2D eigenvalue weighted by Crippen LogP contribution is -1.90. The van der Waals surface area contributed by atoms with Crippen molar-refractivity contribution in [1.82, 2.24) is 9.97 Å². The molecule has 0 fully saturated rings. The average molecular weight is 237 g/mol. The summed E-state index contributed by atoms with van der Waals surface area (Å²) in [5, 5.41) is 2.04. The predicted molar refractivity (Wildman–Crippen MR) is 70.5 cm³/mol. The number of ether oxygens (including phenoxy) is 1. The molecule has 3 aromatic rings. The molecule has 0 saturated heterocycles. The summed E-state index contributed by atoms with van der Waals surface area (Å²) in [6.45, 7) is 0. The van der Waals surface area contributed by atoms with E-state index >= 15 is 0 Å². The van der Waals surface area contributed by atoms with E-state index in [1.165, 1.54) is 0 Å². The van der Waals surface area contributed by atoms with Crippen LogP contribution >= 0.6 is 0 Å². The summed E-state index contributed by atoms with van der Waals surface area (Å²) in [5.74, 6) is 1.39. The van der Waals surface area contributed by atoms with E-state index in [4.69, 9.17) is 10.5 Å². The van der Waals surface area contributed by atoms with E-state index < -0.39 is 0 Å². The van der Waals surface area contributed by atoms with E-state index in [9.17, 15) is 0 Å². The molecule has 4 heteroatoms. The third-order valence-electron chi connectivity index (χ3n) is 2.60. The number of benzene rings is 1. The Kier molecular flexibility index (Phi) is 2.53. The highest BCUT2D eigenvalue weighted by Crippen LogP contribution is 2.29. The van der Waals surface area contributed by atoms with Gasteiger partial charge in [-0.3, -0.25) is 9.97 Å². The molecule has 2 N–H and O–H groups in total. The van der Waals surface area contributed by atoms with Crippen LogP contribution in [0.4, 0.5) is 5.69 Å². The van der Waals surface area contributed by atoms with Crippen LogP contribution in [-0.2, 0) is 0 Å². The predicted octanol–water partition coefficient (Wildman–Crippen LogP) is 3.00. The number of nitrogen functional groups attached to an aromatic ring is 1. The Labute approximate surface area is 104 Å². The van der Waals surface area contributed by atoms with Gasteiger partial charge in [-0.25, -0.2) is 0 Å². The number of hydrogen-bond acceptors (Lipinski definition) is 4. The summed E-state index contributed by atoms with van der Waals surface area (Å²) in [7, 11) is 0. The van der Waals surface area contributed by atoms with Crippen LogP contribution in [0.2, 0.25) is 0 Å². The van der Waals surface area contributed by atoms with Gasteiger partial charge in [-0.1, -0.05) is 12.1 Å². The van der Waals surface area contributed by atoms with Crippen LogP contribution in [0.1, 0.15) is 0 Å². The molecule has 1 aromatic carbocycles. The maximum atomic E-state index is 5.80. The maximum Gasteiger partial charge on any atom is 0.147 e. The smallest absolute Gasteiger partial charge is 0.147 e. The summed E-state index contributed by atoms with van der Waals surface area (Å²) < 4.78 is 5.80. The zero-order valence-electron chi connectivity index (χ0n) is 9.58. The molecule has 0 atom stereocenters. The number of pyridine rings is 2. The number of fused-ring (bicyclic) bond motifs is 1. The second-order valence-electron chi connectivity index (χ2n) is 3.91. The molecule has 2 heterocycles. The molecule has 0 aliphatic rings. The van der Waals surface area contributed by atoms with Crippen LogP contribution in [0.5, 0.6) is 11.5 Å². The molecule has 4 nitrogen and oxygen atoms in total. The van der Waals surface area contributed by atoms with Crippen molar-refractivity contribution in [2.24, 2.45) is 0 Å². The quantitative estimate of drug-likeness (QED) is 0.744. The summed E-state index contributed by atoms with van der Waals surface area (Å²) in [5.41, 5.74) is 6.25. The molecule has 18 heavy (non-hydrogen) atoms. The normalized spacial score (nSPS) is 10.4. The first kappa shape index (κ1) is 10.5. The number of aromatic nitrogens is 2. The molecule has 0 amide bonds. The maximum absolute atomic E-state index is 5.80. The highest BCUT2D eigenvalue weighted by atomic mass is 16.5. The first-order valence-corrected chi connectivity index (χ1v) is 5.54. The summed E-state index contributed by atoms with van der Waals surface area (Å²) in [4.78, 5) is 8.09. The second-order valence-corrected chi connectivity index (χ2v) is 3.91. The molecule has 0 saturated carbocycles. The van der Waals surface area contributed by atoms with Crippen molar-refractivity contribution in [2.75, 3.05) is 5.73 Å². The fourth-order valence-electron chi connectivity index (χ4n) is 1.80. The van der Waals surface area contributed by atoms with Gasteiger partial charge in [0.2, 0.25) is 0 Å². The van der Waals surface area contributed by atoms with Crippen LogP contribution in [0.3, 0.4) is 0 Å². The number of nitrogens with zero attached hydrogens (tertiary/aromatic N) is 2. The Morgan fingerprint density at radius 2 is 1.94 bits per heavy atom. The van der Waals surface area contributed by atoms with Gasteiger partial charge in [0.15, 0.2) is 0 Å². The summed E-state index contributed by atoms with van der Waals surface area (Å²) in [6.07, 6.45) is 6.77. The Bertz CT molecular complexity index is 692. The van der Waals surface area contributed by atoms with E-state index in [2.05, 4.69) is 9.97 Å². The number of rotatable bonds is 2. The van der Waals surface area contributed by atoms with Crippen molar-refractivity contribution >= 4 is 16.5 Å². The van der Waals surface area contributed by atoms with Crippen molar-refractivity contribution in [3.05, 3.63) is 55.1 Å². The molecule has 0 aliphatic heterocycles. The molecule has 0 unspecified atom stereocenters. The van der Waals surface area contributed by atoms with Gasteiger partial charge < -0.3 is 10.5 Å². The second kappa shape index (κ2) is 4.33. The zero-order chi connectivity index (χ0) is 12.4. The van der Waals surface area contributed by atoms with Crippen LogP contribution in [0, 0.1) is 0 Å². The minimum absolute atomic E-state index is 0.578. The molecule has 0 spiro atoms. The van der Waals surface area contributed by atoms with E-state index in [1.807, 2.05) is 24.3 Å². The standard InChI is InChI=1S/C14H11N3O/c15-11-6-12(9-17-8-11)18-14-3-1-2-10-7-16-5-4-13(10)14/h1-9H,15H2. The van der Waals surface area contributed by atoms with E-state index in [1.54, 1.807) is 30.9 Å². The van der Waals surface area contributed by atoms with Crippen LogP contribution in [-0.4, -0.2) is 9.97 Å². The molecule has 0 radical (unpaired) electrons. The van der Waals surface area contributed by atoms with Crippen molar-refractivity contribution in [3.63, 3.8) is 0 Å². The monoisotopic (exact) mass is 237 g/mol. The van der Waals surface area contributed by atoms with E-state index in [0.717, 1.165) is 16.5 Å². The SMILES string of the molecule is Nc1cncc(Oc2cccc3cnccc23)c1. The lowest BCUT2D eigenvalue weighted by Gasteiger charge is -2.08. The highest BCUT2D eigenvalue weighted by Gasteiger charge is 2.03. The molecule has 0 aliphatic carbocycles. The Morgan fingerprint density at radius 3 is 2.83 bits per heavy atom. The van der Waals surface area contributed by atoms with Crippen molar-refractivity contribution in [2.45, 2.75) is 0 Å². The van der Waals surface area contributed by atoms with Gasteiger partial charge in [-0.05, 0) is 12.1 Å². The molecule has 88 valence electrons. The third kappa shape index (κ3) is 1.96. The van der Waals surface area contributed by atoms with Gasteiger partial charge in [-0.2, -0.15) is 0 Å². The largest absolute Gasteiger partial charge is 0.455 e. The van der Waals surface area contributed by atoms with Gasteiger partial charge in [-0.15, -0.1) is 0 Å². The van der Waals surface area contributed by atoms with Crippen molar-refractivity contribution in [1.29, 1.82) is 0 Å². The fraction of sp³-hybridized carbons (Fsp3) is 0. The molecular formula is C14H11N3O. The van der Waals surface area contributed by atoms with Gasteiger partial charge in [0, 0.05) is 29.2 Å². The number of hydrogen-bond donors (Lipinski definition) is 1. The van der Waals surface area contributed by atoms with Gasteiger partial charge in [0.1, 0.15) is 11.5 Å². The lowest BCUT2D eigenvalue weighted by atomic mass is 10.1. The fourth-order valence-corrected chi connectivity index (χ4v) is 1.80. The van der Waals surface area contributed by atoms with Crippen molar-refractivity contribution in [3.8, 4) is 11.5 Å². The van der Waals surface area contributed by atoms with Crippen LogP contribution in [0.25, 0.3) is 10.8 Å². The van der Waals surface area contributed by atoms with Gasteiger partial charge in [0.05, 0.1) is 18.1 Å². The first-order chi connectivity index (χ1) is 8.83. The minimum atomic E-state index is 0.578.